The summed E-state index contributed by atoms with van der Waals surface area (Å²) in [6.45, 7) is 2.47. The Morgan fingerprint density at radius 3 is 2.42 bits per heavy atom. The van der Waals surface area contributed by atoms with Crippen molar-refractivity contribution in [2.24, 2.45) is 0 Å². The Labute approximate surface area is 153 Å². The zero-order chi connectivity index (χ0) is 18.3. The van der Waals surface area contributed by atoms with Crippen molar-refractivity contribution in [1.29, 1.82) is 0 Å². The number of nitrogens with zero attached hydrogens (tertiary/aromatic N) is 2. The van der Waals surface area contributed by atoms with Crippen LogP contribution in [0.4, 0.5) is 5.69 Å². The van der Waals surface area contributed by atoms with Gasteiger partial charge in [-0.2, -0.15) is 0 Å². The van der Waals surface area contributed by atoms with Gasteiger partial charge in [0.05, 0.1) is 11.4 Å². The third-order valence-corrected chi connectivity index (χ3v) is 6.51. The number of anilines is 1. The van der Waals surface area contributed by atoms with E-state index in [1.54, 1.807) is 23.1 Å². The van der Waals surface area contributed by atoms with Crippen LogP contribution in [0.15, 0.2) is 47.4 Å². The average molecular weight is 371 g/mol. The minimum Gasteiger partial charge on any atom is -0.311 e. The second kappa shape index (κ2) is 6.50. The molecule has 0 bridgehead atoms. The van der Waals surface area contributed by atoms with Gasteiger partial charge in [0.15, 0.2) is 0 Å². The van der Waals surface area contributed by atoms with Crippen LogP contribution in [0.1, 0.15) is 16.7 Å². The third kappa shape index (κ3) is 3.02. The van der Waals surface area contributed by atoms with E-state index in [9.17, 15) is 13.2 Å². The van der Waals surface area contributed by atoms with Crippen molar-refractivity contribution in [2.75, 3.05) is 25.0 Å². The summed E-state index contributed by atoms with van der Waals surface area (Å²) in [5.41, 5.74) is 4.26. The fraction of sp³-hybridized carbons (Fsp3) is 0.316. The van der Waals surface area contributed by atoms with Crippen molar-refractivity contribution in [3.05, 3.63) is 59.2 Å². The van der Waals surface area contributed by atoms with E-state index in [-0.39, 0.29) is 10.8 Å². The number of hydrogen-bond donors (Lipinski definition) is 1. The molecule has 1 amide bonds. The number of hydrogen-bond acceptors (Lipinski definition) is 4. The van der Waals surface area contributed by atoms with Gasteiger partial charge < -0.3 is 4.90 Å². The van der Waals surface area contributed by atoms with Crippen molar-refractivity contribution >= 4 is 21.6 Å². The van der Waals surface area contributed by atoms with Crippen LogP contribution in [0.5, 0.6) is 0 Å². The number of fused-ring (bicyclic) bond motifs is 2. The van der Waals surface area contributed by atoms with Gasteiger partial charge in [-0.25, -0.2) is 13.1 Å². The molecule has 2 aromatic carbocycles. The van der Waals surface area contributed by atoms with Gasteiger partial charge in [-0.3, -0.25) is 9.69 Å². The molecule has 0 spiro atoms. The second-order valence-electron chi connectivity index (χ2n) is 6.71. The van der Waals surface area contributed by atoms with Gasteiger partial charge in [0.2, 0.25) is 15.9 Å². The molecule has 2 aliphatic rings. The standard InChI is InChI=1S/C19H21N3O3S/c1-20-26(24,25)17-7-6-14-8-9-22(18(14)10-17)19(23)13-21-11-15-4-2-3-5-16(15)12-21/h2-7,10,20H,8-9,11-13H2,1H3. The van der Waals surface area contributed by atoms with Crippen LogP contribution in [-0.2, 0) is 34.3 Å². The fourth-order valence-electron chi connectivity index (χ4n) is 3.70. The molecule has 4 rings (SSSR count). The third-order valence-electron chi connectivity index (χ3n) is 5.10. The lowest BCUT2D eigenvalue weighted by molar-refractivity contribution is -0.119. The molecule has 6 nitrogen and oxygen atoms in total. The maximum atomic E-state index is 12.9. The normalized spacial score (nSPS) is 16.6. The predicted octanol–water partition coefficient (Wildman–Crippen LogP) is 1.50. The molecule has 0 saturated carbocycles. The largest absolute Gasteiger partial charge is 0.311 e. The first-order valence-corrected chi connectivity index (χ1v) is 10.1. The Bertz CT molecular complexity index is 947. The zero-order valence-electron chi connectivity index (χ0n) is 14.6. The van der Waals surface area contributed by atoms with E-state index in [0.717, 1.165) is 25.1 Å². The van der Waals surface area contributed by atoms with Crippen molar-refractivity contribution in [1.82, 2.24) is 9.62 Å². The molecule has 136 valence electrons. The molecule has 7 heteroatoms. The van der Waals surface area contributed by atoms with Crippen molar-refractivity contribution in [2.45, 2.75) is 24.4 Å². The topological polar surface area (TPSA) is 69.7 Å². The van der Waals surface area contributed by atoms with Crippen LogP contribution in [0.25, 0.3) is 0 Å². The van der Waals surface area contributed by atoms with Crippen molar-refractivity contribution < 1.29 is 13.2 Å². The van der Waals surface area contributed by atoms with E-state index in [1.165, 1.54) is 18.2 Å². The quantitative estimate of drug-likeness (QED) is 0.884. The molecule has 0 aliphatic carbocycles. The summed E-state index contributed by atoms with van der Waals surface area (Å²) in [6, 6.07) is 13.2. The van der Waals surface area contributed by atoms with Gasteiger partial charge in [0.1, 0.15) is 0 Å². The number of sulfonamides is 1. The summed E-state index contributed by atoms with van der Waals surface area (Å²) in [7, 11) is -2.14. The van der Waals surface area contributed by atoms with Crippen molar-refractivity contribution in [3.8, 4) is 0 Å². The molecule has 2 heterocycles. The number of nitrogens with one attached hydrogen (secondary N) is 1. The average Bonchev–Trinajstić information content (AvgIpc) is 3.24. The highest BCUT2D eigenvalue weighted by molar-refractivity contribution is 7.89. The molecular weight excluding hydrogens is 350 g/mol. The Hall–Kier alpha value is -2.22. The molecular formula is C19H21N3O3S. The SMILES string of the molecule is CNS(=O)(=O)c1ccc2c(c1)N(C(=O)CN1Cc3ccccc3C1)CC2. The molecule has 1 N–H and O–H groups in total. The van der Waals surface area contributed by atoms with Crippen molar-refractivity contribution in [3.63, 3.8) is 0 Å². The molecule has 0 atom stereocenters. The van der Waals surface area contributed by atoms with Crippen LogP contribution in [-0.4, -0.2) is 39.4 Å². The van der Waals surface area contributed by atoms with Gasteiger partial charge in [-0.1, -0.05) is 30.3 Å². The van der Waals surface area contributed by atoms with Gasteiger partial charge >= 0.3 is 0 Å². The maximum absolute atomic E-state index is 12.9. The summed E-state index contributed by atoms with van der Waals surface area (Å²) in [5.74, 6) is 0.00978. The first-order valence-electron chi connectivity index (χ1n) is 8.64. The second-order valence-corrected chi connectivity index (χ2v) is 8.59. The Balaban J connectivity index is 1.52. The first-order chi connectivity index (χ1) is 12.5. The molecule has 0 saturated heterocycles. The fourth-order valence-corrected chi connectivity index (χ4v) is 4.44. The number of rotatable bonds is 4. The smallest absolute Gasteiger partial charge is 0.241 e. The van der Waals surface area contributed by atoms with E-state index in [4.69, 9.17) is 0 Å². The number of benzene rings is 2. The van der Waals surface area contributed by atoms with E-state index < -0.39 is 10.0 Å². The first kappa shape index (κ1) is 17.2. The van der Waals surface area contributed by atoms with Crippen LogP contribution < -0.4 is 9.62 Å². The summed E-state index contributed by atoms with van der Waals surface area (Å²) in [4.78, 5) is 16.9. The van der Waals surface area contributed by atoms with E-state index in [1.807, 2.05) is 12.1 Å². The Morgan fingerprint density at radius 1 is 1.08 bits per heavy atom. The molecule has 26 heavy (non-hydrogen) atoms. The monoisotopic (exact) mass is 371 g/mol. The van der Waals surface area contributed by atoms with Gasteiger partial charge in [0, 0.05) is 25.3 Å². The zero-order valence-corrected chi connectivity index (χ0v) is 15.4. The summed E-state index contributed by atoms with van der Waals surface area (Å²) in [6.07, 6.45) is 0.751. The minimum absolute atomic E-state index is 0.00978. The van der Waals surface area contributed by atoms with Gasteiger partial charge in [-0.05, 0) is 42.3 Å². The molecule has 2 aromatic rings. The van der Waals surface area contributed by atoms with Crippen LogP contribution >= 0.6 is 0 Å². The van der Waals surface area contributed by atoms with Crippen LogP contribution in [0.3, 0.4) is 0 Å². The summed E-state index contributed by atoms with van der Waals surface area (Å²) in [5, 5.41) is 0. The predicted molar refractivity (Wildman–Crippen MR) is 99.3 cm³/mol. The molecule has 2 aliphatic heterocycles. The number of carbonyl (C=O) groups excluding carboxylic acids is 1. The Kier molecular flexibility index (Phi) is 4.30. The summed E-state index contributed by atoms with van der Waals surface area (Å²) < 4.78 is 26.4. The lowest BCUT2D eigenvalue weighted by Gasteiger charge is -2.22. The highest BCUT2D eigenvalue weighted by atomic mass is 32.2. The lowest BCUT2D eigenvalue weighted by atomic mass is 10.1. The Morgan fingerprint density at radius 2 is 1.77 bits per heavy atom. The maximum Gasteiger partial charge on any atom is 0.241 e. The molecule has 0 aromatic heterocycles. The lowest BCUT2D eigenvalue weighted by Crippen LogP contribution is -2.37. The van der Waals surface area contributed by atoms with Gasteiger partial charge in [0.25, 0.3) is 0 Å². The van der Waals surface area contributed by atoms with Gasteiger partial charge in [-0.15, -0.1) is 0 Å². The number of carbonyl (C=O) groups is 1. The molecule has 0 unspecified atom stereocenters. The molecule has 0 radical (unpaired) electrons. The highest BCUT2D eigenvalue weighted by Gasteiger charge is 2.29. The number of amides is 1. The molecule has 0 fully saturated rings. The summed E-state index contributed by atoms with van der Waals surface area (Å²) >= 11 is 0. The van der Waals surface area contributed by atoms with Crippen LogP contribution in [0.2, 0.25) is 0 Å². The van der Waals surface area contributed by atoms with E-state index >= 15 is 0 Å². The van der Waals surface area contributed by atoms with E-state index in [2.05, 4.69) is 21.8 Å². The highest BCUT2D eigenvalue weighted by Crippen LogP contribution is 2.31. The minimum atomic E-state index is -3.53. The van der Waals surface area contributed by atoms with E-state index in [0.29, 0.717) is 18.8 Å². The van der Waals surface area contributed by atoms with Crippen LogP contribution in [0, 0.1) is 0 Å².